The lowest BCUT2D eigenvalue weighted by Crippen LogP contribution is -2.38. The SMILES string of the molecule is CN(C)CCN(CCC(N)=S)C(=O)CCc1ccccc1. The second kappa shape index (κ2) is 9.47. The van der Waals surface area contributed by atoms with Crippen LogP contribution in [-0.2, 0) is 11.2 Å². The van der Waals surface area contributed by atoms with E-state index in [2.05, 4.69) is 4.90 Å². The predicted molar refractivity (Wildman–Crippen MR) is 91.3 cm³/mol. The lowest BCUT2D eigenvalue weighted by Gasteiger charge is -2.24. The number of thiocarbonyl (C=S) groups is 1. The number of carbonyl (C=O) groups is 1. The van der Waals surface area contributed by atoms with Gasteiger partial charge in [-0.1, -0.05) is 42.5 Å². The van der Waals surface area contributed by atoms with Gasteiger partial charge in [0.25, 0.3) is 0 Å². The number of nitrogens with zero attached hydrogens (tertiary/aromatic N) is 2. The Hall–Kier alpha value is -1.46. The van der Waals surface area contributed by atoms with E-state index in [4.69, 9.17) is 18.0 Å². The van der Waals surface area contributed by atoms with Gasteiger partial charge in [0, 0.05) is 32.5 Å². The van der Waals surface area contributed by atoms with Crippen molar-refractivity contribution >= 4 is 23.1 Å². The summed E-state index contributed by atoms with van der Waals surface area (Å²) < 4.78 is 0. The van der Waals surface area contributed by atoms with E-state index in [1.165, 1.54) is 5.56 Å². The summed E-state index contributed by atoms with van der Waals surface area (Å²) in [5, 5.41) is 0. The number of carbonyl (C=O) groups excluding carboxylic acids is 1. The summed E-state index contributed by atoms with van der Waals surface area (Å²) in [5.74, 6) is 0.164. The molecular formula is C16H25N3OS. The van der Waals surface area contributed by atoms with Crippen LogP contribution in [0.2, 0.25) is 0 Å². The molecule has 2 N–H and O–H groups in total. The van der Waals surface area contributed by atoms with E-state index in [0.29, 0.717) is 30.9 Å². The summed E-state index contributed by atoms with van der Waals surface area (Å²) >= 11 is 4.91. The maximum atomic E-state index is 12.4. The zero-order valence-corrected chi connectivity index (χ0v) is 13.7. The molecule has 0 saturated heterocycles. The Bertz CT molecular complexity index is 448. The molecular weight excluding hydrogens is 282 g/mol. The highest BCUT2D eigenvalue weighted by Crippen LogP contribution is 2.05. The Kier molecular flexibility index (Phi) is 7.93. The Morgan fingerprint density at radius 1 is 1.10 bits per heavy atom. The number of rotatable bonds is 9. The lowest BCUT2D eigenvalue weighted by molar-refractivity contribution is -0.131. The summed E-state index contributed by atoms with van der Waals surface area (Å²) in [7, 11) is 4.00. The zero-order valence-electron chi connectivity index (χ0n) is 12.9. The highest BCUT2D eigenvalue weighted by molar-refractivity contribution is 7.80. The zero-order chi connectivity index (χ0) is 15.7. The summed E-state index contributed by atoms with van der Waals surface area (Å²) in [6.07, 6.45) is 1.87. The van der Waals surface area contributed by atoms with Gasteiger partial charge in [0.15, 0.2) is 0 Å². The number of amides is 1. The second-order valence-electron chi connectivity index (χ2n) is 5.39. The standard InChI is InChI=1S/C16H25N3OS/c1-18(2)12-13-19(11-10-15(17)21)16(20)9-8-14-6-4-3-5-7-14/h3-7H,8-13H2,1-2H3,(H2,17,21). The Balaban J connectivity index is 2.50. The molecule has 0 atom stereocenters. The summed E-state index contributed by atoms with van der Waals surface area (Å²) in [6.45, 7) is 2.16. The first-order chi connectivity index (χ1) is 9.99. The molecule has 0 aliphatic rings. The van der Waals surface area contributed by atoms with Gasteiger partial charge >= 0.3 is 0 Å². The topological polar surface area (TPSA) is 49.6 Å². The average molecular weight is 307 g/mol. The molecule has 0 heterocycles. The molecule has 0 bridgehead atoms. The average Bonchev–Trinajstić information content (AvgIpc) is 2.45. The van der Waals surface area contributed by atoms with E-state index in [0.717, 1.165) is 13.0 Å². The van der Waals surface area contributed by atoms with Gasteiger partial charge in [0.1, 0.15) is 0 Å². The van der Waals surface area contributed by atoms with Gasteiger partial charge in [0.2, 0.25) is 5.91 Å². The van der Waals surface area contributed by atoms with Gasteiger partial charge in [-0.3, -0.25) is 4.79 Å². The van der Waals surface area contributed by atoms with Gasteiger partial charge in [0.05, 0.1) is 4.99 Å². The van der Waals surface area contributed by atoms with Gasteiger partial charge in [-0.05, 0) is 26.1 Å². The van der Waals surface area contributed by atoms with Gasteiger partial charge in [-0.2, -0.15) is 0 Å². The van der Waals surface area contributed by atoms with E-state index < -0.39 is 0 Å². The molecule has 0 aromatic heterocycles. The molecule has 5 heteroatoms. The molecule has 1 aromatic carbocycles. The first-order valence-electron chi connectivity index (χ1n) is 7.23. The number of benzene rings is 1. The van der Waals surface area contributed by atoms with Crippen LogP contribution in [0, 0.1) is 0 Å². The molecule has 21 heavy (non-hydrogen) atoms. The van der Waals surface area contributed by atoms with Crippen molar-refractivity contribution in [3.05, 3.63) is 35.9 Å². The molecule has 1 aromatic rings. The monoisotopic (exact) mass is 307 g/mol. The molecule has 0 unspecified atom stereocenters. The number of aryl methyl sites for hydroxylation is 1. The number of hydrogen-bond donors (Lipinski definition) is 1. The molecule has 116 valence electrons. The number of likely N-dealkylation sites (N-methyl/N-ethyl adjacent to an activating group) is 1. The van der Waals surface area contributed by atoms with Gasteiger partial charge in [-0.25, -0.2) is 0 Å². The molecule has 1 amide bonds. The van der Waals surface area contributed by atoms with Crippen LogP contribution in [0.25, 0.3) is 0 Å². The fourth-order valence-corrected chi connectivity index (χ4v) is 2.07. The summed E-state index contributed by atoms with van der Waals surface area (Å²) in [6, 6.07) is 10.1. The quantitative estimate of drug-likeness (QED) is 0.705. The molecule has 0 saturated carbocycles. The Labute approximate surface area is 132 Å². The van der Waals surface area contributed by atoms with E-state index in [-0.39, 0.29) is 5.91 Å². The van der Waals surface area contributed by atoms with Crippen LogP contribution in [0.5, 0.6) is 0 Å². The van der Waals surface area contributed by atoms with Crippen LogP contribution in [-0.4, -0.2) is 54.4 Å². The van der Waals surface area contributed by atoms with Crippen molar-refractivity contribution in [1.82, 2.24) is 9.80 Å². The molecule has 1 rings (SSSR count). The van der Waals surface area contributed by atoms with Crippen molar-refractivity contribution in [1.29, 1.82) is 0 Å². The fraction of sp³-hybridized carbons (Fsp3) is 0.500. The van der Waals surface area contributed by atoms with Crippen molar-refractivity contribution in [2.45, 2.75) is 19.3 Å². The van der Waals surface area contributed by atoms with Crippen molar-refractivity contribution in [3.8, 4) is 0 Å². The normalized spacial score (nSPS) is 10.6. The van der Waals surface area contributed by atoms with Crippen LogP contribution in [0.1, 0.15) is 18.4 Å². The third-order valence-electron chi connectivity index (χ3n) is 3.27. The highest BCUT2D eigenvalue weighted by Gasteiger charge is 2.13. The summed E-state index contributed by atoms with van der Waals surface area (Å²) in [4.78, 5) is 16.8. The maximum absolute atomic E-state index is 12.4. The number of nitrogens with two attached hydrogens (primary N) is 1. The minimum atomic E-state index is 0.164. The molecule has 0 radical (unpaired) electrons. The predicted octanol–water partition coefficient (Wildman–Crippen LogP) is 1.69. The third kappa shape index (κ3) is 7.78. The van der Waals surface area contributed by atoms with Crippen LogP contribution in [0.3, 0.4) is 0 Å². The first kappa shape index (κ1) is 17.6. The fourth-order valence-electron chi connectivity index (χ4n) is 1.98. The van der Waals surface area contributed by atoms with Crippen LogP contribution in [0.4, 0.5) is 0 Å². The van der Waals surface area contributed by atoms with Crippen molar-refractivity contribution in [3.63, 3.8) is 0 Å². The van der Waals surface area contributed by atoms with Gasteiger partial charge in [-0.15, -0.1) is 0 Å². The molecule has 0 aliphatic heterocycles. The Morgan fingerprint density at radius 2 is 1.76 bits per heavy atom. The molecule has 0 spiro atoms. The Morgan fingerprint density at radius 3 is 2.33 bits per heavy atom. The first-order valence-corrected chi connectivity index (χ1v) is 7.64. The number of hydrogen-bond acceptors (Lipinski definition) is 3. The van der Waals surface area contributed by atoms with E-state index in [9.17, 15) is 4.79 Å². The highest BCUT2D eigenvalue weighted by atomic mass is 32.1. The minimum Gasteiger partial charge on any atom is -0.393 e. The van der Waals surface area contributed by atoms with Crippen LogP contribution in [0.15, 0.2) is 30.3 Å². The molecule has 0 aliphatic carbocycles. The van der Waals surface area contributed by atoms with E-state index in [1.54, 1.807) is 0 Å². The van der Waals surface area contributed by atoms with Crippen molar-refractivity contribution in [2.75, 3.05) is 33.7 Å². The van der Waals surface area contributed by atoms with Gasteiger partial charge < -0.3 is 15.5 Å². The molecule has 4 nitrogen and oxygen atoms in total. The lowest BCUT2D eigenvalue weighted by atomic mass is 10.1. The maximum Gasteiger partial charge on any atom is 0.222 e. The largest absolute Gasteiger partial charge is 0.393 e. The molecule has 0 fully saturated rings. The minimum absolute atomic E-state index is 0.164. The van der Waals surface area contributed by atoms with Crippen molar-refractivity contribution in [2.24, 2.45) is 5.73 Å². The third-order valence-corrected chi connectivity index (χ3v) is 3.47. The van der Waals surface area contributed by atoms with Crippen LogP contribution >= 0.6 is 12.2 Å². The summed E-state index contributed by atoms with van der Waals surface area (Å²) in [5.41, 5.74) is 6.73. The second-order valence-corrected chi connectivity index (χ2v) is 5.91. The van der Waals surface area contributed by atoms with E-state index >= 15 is 0 Å². The smallest absolute Gasteiger partial charge is 0.222 e. The van der Waals surface area contributed by atoms with Crippen molar-refractivity contribution < 1.29 is 4.79 Å². The van der Waals surface area contributed by atoms with Crippen LogP contribution < -0.4 is 5.73 Å². The van der Waals surface area contributed by atoms with E-state index in [1.807, 2.05) is 49.3 Å².